The lowest BCUT2D eigenvalue weighted by molar-refractivity contribution is 0.236. The lowest BCUT2D eigenvalue weighted by Gasteiger charge is -2.17. The van der Waals surface area contributed by atoms with E-state index in [-0.39, 0.29) is 11.4 Å². The van der Waals surface area contributed by atoms with Crippen molar-refractivity contribution >= 4 is 6.03 Å². The zero-order valence-corrected chi connectivity index (χ0v) is 13.8. The zero-order valence-electron chi connectivity index (χ0n) is 13.8. The van der Waals surface area contributed by atoms with Crippen LogP contribution in [-0.2, 0) is 12.8 Å². The largest absolute Gasteiger partial charge is 0.372 e. The molecule has 0 N–H and O–H groups in total. The Bertz CT molecular complexity index is 609. The highest BCUT2D eigenvalue weighted by Crippen LogP contribution is 2.22. The van der Waals surface area contributed by atoms with E-state index in [2.05, 4.69) is 48.3 Å². The monoisotopic (exact) mass is 304 g/mol. The summed E-state index contributed by atoms with van der Waals surface area (Å²) in [5.74, 6) is 0. The average molecular weight is 304 g/mol. The van der Waals surface area contributed by atoms with Crippen molar-refractivity contribution in [1.82, 2.24) is 30.0 Å². The molecule has 0 aliphatic carbocycles. The van der Waals surface area contributed by atoms with Crippen LogP contribution in [0.2, 0.25) is 0 Å². The van der Waals surface area contributed by atoms with Crippen LogP contribution in [0.5, 0.6) is 0 Å². The molecule has 0 amide bonds. The molecule has 120 valence electrons. The number of carbonyl (C=O) groups is 1. The topological polar surface area (TPSA) is 78.5 Å². The van der Waals surface area contributed by atoms with Crippen molar-refractivity contribution in [3.05, 3.63) is 23.8 Å². The third-order valence-corrected chi connectivity index (χ3v) is 3.36. The van der Waals surface area contributed by atoms with Gasteiger partial charge in [0.25, 0.3) is 0 Å². The van der Waals surface area contributed by atoms with E-state index < -0.39 is 0 Å². The van der Waals surface area contributed by atoms with Gasteiger partial charge < -0.3 is 0 Å². The first-order valence-corrected chi connectivity index (χ1v) is 7.77. The van der Waals surface area contributed by atoms with Crippen LogP contribution in [0.25, 0.3) is 0 Å². The maximum absolute atomic E-state index is 12.5. The smallest absolute Gasteiger partial charge is 0.243 e. The van der Waals surface area contributed by atoms with Crippen molar-refractivity contribution in [2.24, 2.45) is 5.41 Å². The lowest BCUT2D eigenvalue weighted by Crippen LogP contribution is -2.24. The predicted octanol–water partition coefficient (Wildman–Crippen LogP) is 2.71. The second-order valence-corrected chi connectivity index (χ2v) is 6.72. The Morgan fingerprint density at radius 1 is 1.23 bits per heavy atom. The van der Waals surface area contributed by atoms with Gasteiger partial charge in [-0.15, -0.1) is 10.2 Å². The van der Waals surface area contributed by atoms with E-state index in [4.69, 9.17) is 0 Å². The first kappa shape index (κ1) is 16.3. The van der Waals surface area contributed by atoms with Crippen molar-refractivity contribution in [3.8, 4) is 0 Å². The van der Waals surface area contributed by atoms with E-state index in [0.29, 0.717) is 0 Å². The molecule has 0 bridgehead atoms. The summed E-state index contributed by atoms with van der Waals surface area (Å²) in [6.45, 7) is 8.62. The van der Waals surface area contributed by atoms with Crippen molar-refractivity contribution < 1.29 is 4.79 Å². The molecule has 0 saturated heterocycles. The zero-order chi connectivity index (χ0) is 16.2. The number of carbonyl (C=O) groups excluding carboxylic acids is 1. The molecule has 0 aliphatic rings. The van der Waals surface area contributed by atoms with Gasteiger partial charge in [0.15, 0.2) is 0 Å². The fourth-order valence-electron chi connectivity index (χ4n) is 2.33. The van der Waals surface area contributed by atoms with Crippen LogP contribution in [0.3, 0.4) is 0 Å². The predicted molar refractivity (Wildman–Crippen MR) is 82.6 cm³/mol. The van der Waals surface area contributed by atoms with Crippen LogP contribution in [0, 0.1) is 5.41 Å². The summed E-state index contributed by atoms with van der Waals surface area (Å²) in [4.78, 5) is 12.5. The molecule has 0 unspecified atom stereocenters. The van der Waals surface area contributed by atoms with Gasteiger partial charge in [-0.1, -0.05) is 51.0 Å². The molecule has 2 aromatic heterocycles. The van der Waals surface area contributed by atoms with E-state index in [1.165, 1.54) is 21.8 Å². The molecule has 2 rings (SSSR count). The molecule has 7 nitrogen and oxygen atoms in total. The molecule has 2 heterocycles. The van der Waals surface area contributed by atoms with E-state index in [1.54, 1.807) is 0 Å². The van der Waals surface area contributed by atoms with Crippen LogP contribution in [0.4, 0.5) is 4.79 Å². The number of hydrogen-bond donors (Lipinski definition) is 0. The third kappa shape index (κ3) is 3.99. The molecule has 22 heavy (non-hydrogen) atoms. The van der Waals surface area contributed by atoms with Gasteiger partial charge in [-0.3, -0.25) is 0 Å². The fraction of sp³-hybridized carbons (Fsp3) is 0.667. The Kier molecular flexibility index (Phi) is 5.05. The second-order valence-electron chi connectivity index (χ2n) is 6.72. The molecule has 7 heteroatoms. The van der Waals surface area contributed by atoms with Gasteiger partial charge >= 0.3 is 6.03 Å². The summed E-state index contributed by atoms with van der Waals surface area (Å²) in [6.07, 6.45) is 7.85. The summed E-state index contributed by atoms with van der Waals surface area (Å²) in [6, 6.07) is -0.336. The maximum atomic E-state index is 12.5. The summed E-state index contributed by atoms with van der Waals surface area (Å²) in [7, 11) is 0. The summed E-state index contributed by atoms with van der Waals surface area (Å²) in [5, 5.41) is 15.7. The summed E-state index contributed by atoms with van der Waals surface area (Å²) in [5.41, 5.74) is 1.89. The van der Waals surface area contributed by atoms with Crippen LogP contribution in [-0.4, -0.2) is 36.0 Å². The van der Waals surface area contributed by atoms with Crippen LogP contribution < -0.4 is 0 Å². The first-order valence-electron chi connectivity index (χ1n) is 7.77. The summed E-state index contributed by atoms with van der Waals surface area (Å²) >= 11 is 0. The highest BCUT2D eigenvalue weighted by molar-refractivity contribution is 5.77. The van der Waals surface area contributed by atoms with Gasteiger partial charge in [-0.25, -0.2) is 4.79 Å². The molecule has 0 fully saturated rings. The molecule has 2 aromatic rings. The Labute approximate surface area is 130 Å². The van der Waals surface area contributed by atoms with E-state index in [9.17, 15) is 4.79 Å². The molecule has 0 aromatic carbocycles. The number of rotatable bonds is 5. The number of hydrogen-bond acceptors (Lipinski definition) is 5. The normalized spacial score (nSPS) is 11.8. The SMILES string of the molecule is CCCCCc1c(CC(C)(C)C)nnn1C(=O)n1ccnn1. The van der Waals surface area contributed by atoms with Gasteiger partial charge in [0.1, 0.15) is 0 Å². The van der Waals surface area contributed by atoms with Crippen LogP contribution in [0.15, 0.2) is 12.4 Å². The van der Waals surface area contributed by atoms with Crippen LogP contribution in [0.1, 0.15) is 58.3 Å². The third-order valence-electron chi connectivity index (χ3n) is 3.36. The van der Waals surface area contributed by atoms with E-state index >= 15 is 0 Å². The second kappa shape index (κ2) is 6.81. The Morgan fingerprint density at radius 2 is 2.00 bits per heavy atom. The molecule has 0 radical (unpaired) electrons. The highest BCUT2D eigenvalue weighted by Gasteiger charge is 2.23. The molecule has 0 saturated carbocycles. The van der Waals surface area contributed by atoms with E-state index in [1.807, 2.05) is 0 Å². The van der Waals surface area contributed by atoms with E-state index in [0.717, 1.165) is 43.5 Å². The van der Waals surface area contributed by atoms with Crippen molar-refractivity contribution in [2.45, 2.75) is 59.8 Å². The van der Waals surface area contributed by atoms with Crippen molar-refractivity contribution in [3.63, 3.8) is 0 Å². The van der Waals surface area contributed by atoms with Gasteiger partial charge in [0.2, 0.25) is 0 Å². The molecule has 0 atom stereocenters. The van der Waals surface area contributed by atoms with Crippen molar-refractivity contribution in [1.29, 1.82) is 0 Å². The van der Waals surface area contributed by atoms with Gasteiger partial charge in [0, 0.05) is 0 Å². The van der Waals surface area contributed by atoms with Gasteiger partial charge in [-0.05, 0) is 24.7 Å². The molecule has 0 aliphatic heterocycles. The standard InChI is InChI=1S/C15H24N6O/c1-5-6-7-8-13-12(11-15(2,3)4)17-19-21(13)14(22)20-10-9-16-18-20/h9-10H,5-8,11H2,1-4H3. The van der Waals surface area contributed by atoms with Gasteiger partial charge in [-0.2, -0.15) is 9.36 Å². The number of aromatic nitrogens is 6. The minimum atomic E-state index is -0.336. The highest BCUT2D eigenvalue weighted by atomic mass is 16.2. The maximum Gasteiger partial charge on any atom is 0.372 e. The number of nitrogens with zero attached hydrogens (tertiary/aromatic N) is 6. The quantitative estimate of drug-likeness (QED) is 0.794. The van der Waals surface area contributed by atoms with Gasteiger partial charge in [0.05, 0.1) is 23.8 Å². The lowest BCUT2D eigenvalue weighted by atomic mass is 9.89. The Morgan fingerprint density at radius 3 is 2.59 bits per heavy atom. The Hall–Kier alpha value is -2.05. The minimum absolute atomic E-state index is 0.0939. The number of unbranched alkanes of at least 4 members (excludes halogenated alkanes) is 2. The van der Waals surface area contributed by atoms with Crippen LogP contribution >= 0.6 is 0 Å². The van der Waals surface area contributed by atoms with Crippen molar-refractivity contribution in [2.75, 3.05) is 0 Å². The Balaban J connectivity index is 2.30. The first-order chi connectivity index (χ1) is 10.4. The molecular weight excluding hydrogens is 280 g/mol. The molecule has 0 spiro atoms. The molecular formula is C15H24N6O. The fourth-order valence-corrected chi connectivity index (χ4v) is 2.33. The summed E-state index contributed by atoms with van der Waals surface area (Å²) < 4.78 is 2.55. The average Bonchev–Trinajstić information content (AvgIpc) is 3.07. The minimum Gasteiger partial charge on any atom is -0.243 e.